The number of fused-ring (bicyclic) bond motifs is 2. The average molecular weight is 872 g/mol. The average Bonchev–Trinajstić information content (AvgIpc) is 3.86. The maximum atomic E-state index is 12.5. The fourth-order valence-electron chi connectivity index (χ4n) is 6.18. The number of nitrogens with one attached hydrogen (secondary N) is 4. The van der Waals surface area contributed by atoms with Crippen molar-refractivity contribution in [3.8, 4) is 0 Å². The number of rotatable bonds is 7. The number of hydrogen-bond acceptors (Lipinski definition) is 12. The lowest BCUT2D eigenvalue weighted by molar-refractivity contribution is -0.126. The zero-order valence-corrected chi connectivity index (χ0v) is 34.4. The first-order valence-corrected chi connectivity index (χ1v) is 20.9. The first-order chi connectivity index (χ1) is 27.7. The van der Waals surface area contributed by atoms with Crippen LogP contribution in [0, 0.1) is 0 Å². The van der Waals surface area contributed by atoms with E-state index in [1.54, 1.807) is 52.1 Å². The molecule has 0 bridgehead atoms. The summed E-state index contributed by atoms with van der Waals surface area (Å²) in [6, 6.07) is 3.88. The van der Waals surface area contributed by atoms with Crippen LogP contribution in [0.25, 0.3) is 6.08 Å². The molecule has 4 aliphatic rings. The van der Waals surface area contributed by atoms with Crippen molar-refractivity contribution in [1.29, 1.82) is 0 Å². The number of nitrogens with zero attached hydrogens (tertiary/aromatic N) is 6. The maximum Gasteiger partial charge on any atom is 0.246 e. The summed E-state index contributed by atoms with van der Waals surface area (Å²) in [5, 5.41) is 17.8. The fraction of sp³-hybridized carbons (Fsp3) is 0.300. The highest BCUT2D eigenvalue weighted by molar-refractivity contribution is 9.10. The molecule has 57 heavy (non-hydrogen) atoms. The lowest BCUT2D eigenvalue weighted by Gasteiger charge is -2.25. The van der Waals surface area contributed by atoms with E-state index >= 15 is 0 Å². The van der Waals surface area contributed by atoms with Crippen LogP contribution >= 0.6 is 38.6 Å². The van der Waals surface area contributed by atoms with Gasteiger partial charge in [-0.25, -0.2) is 19.9 Å². The number of carbonyl (C=O) groups is 4. The predicted octanol–water partition coefficient (Wildman–Crippen LogP) is 4.91. The quantitative estimate of drug-likeness (QED) is 0.148. The molecular weight excluding hydrogens is 829 g/mol. The largest absolute Gasteiger partial charge is 0.335 e. The summed E-state index contributed by atoms with van der Waals surface area (Å²) in [5.41, 5.74) is 5.46. The van der Waals surface area contributed by atoms with Gasteiger partial charge >= 0.3 is 0 Å². The van der Waals surface area contributed by atoms with Crippen molar-refractivity contribution in [2.24, 2.45) is 0 Å². The Balaban J connectivity index is 0.000000160. The normalized spacial score (nSPS) is 16.4. The minimum atomic E-state index is -0.0999. The summed E-state index contributed by atoms with van der Waals surface area (Å²) in [6.07, 6.45) is 19.6. The number of hydrogen-bond donors (Lipinski definition) is 4. The number of thiazole rings is 2. The molecule has 0 aliphatic carbocycles. The molecule has 4 aliphatic heterocycles. The molecule has 4 aromatic rings. The molecule has 0 aromatic carbocycles. The lowest BCUT2D eigenvalue weighted by atomic mass is 10.1. The number of anilines is 2. The monoisotopic (exact) mass is 870 g/mol. The number of carbonyl (C=O) groups excluding carboxylic acids is 4. The molecule has 14 nitrogen and oxygen atoms in total. The van der Waals surface area contributed by atoms with Crippen LogP contribution in [0.2, 0.25) is 0 Å². The van der Waals surface area contributed by atoms with Crippen LogP contribution in [0.3, 0.4) is 0 Å². The molecule has 296 valence electrons. The first kappa shape index (κ1) is 41.4. The van der Waals surface area contributed by atoms with Crippen molar-refractivity contribution in [2.45, 2.75) is 38.8 Å². The topological polar surface area (TPSA) is 174 Å². The molecule has 0 saturated heterocycles. The fourth-order valence-corrected chi connectivity index (χ4v) is 7.90. The van der Waals surface area contributed by atoms with Crippen LogP contribution in [0.5, 0.6) is 0 Å². The summed E-state index contributed by atoms with van der Waals surface area (Å²) in [7, 11) is 0. The third-order valence-corrected chi connectivity index (χ3v) is 11.2. The molecule has 8 rings (SSSR count). The van der Waals surface area contributed by atoms with E-state index in [9.17, 15) is 19.2 Å². The van der Waals surface area contributed by atoms with Crippen molar-refractivity contribution in [1.82, 2.24) is 40.4 Å². The van der Waals surface area contributed by atoms with E-state index in [1.807, 2.05) is 40.2 Å². The van der Waals surface area contributed by atoms with Crippen molar-refractivity contribution in [2.75, 3.05) is 49.9 Å². The minimum Gasteiger partial charge on any atom is -0.335 e. The molecule has 0 atom stereocenters. The second-order valence-electron chi connectivity index (χ2n) is 13.3. The molecular formula is C40H43BrN10O4S2. The van der Waals surface area contributed by atoms with Crippen molar-refractivity contribution >= 4 is 79.9 Å². The Hall–Kier alpha value is -5.20. The van der Waals surface area contributed by atoms with E-state index in [-0.39, 0.29) is 30.2 Å². The number of amides is 4. The molecule has 0 fully saturated rings. The van der Waals surface area contributed by atoms with Crippen LogP contribution < -0.4 is 21.3 Å². The van der Waals surface area contributed by atoms with Gasteiger partial charge in [-0.2, -0.15) is 0 Å². The molecule has 4 N–H and O–H groups in total. The highest BCUT2D eigenvalue weighted by atomic mass is 79.9. The van der Waals surface area contributed by atoms with Crippen molar-refractivity contribution in [3.63, 3.8) is 0 Å². The van der Waals surface area contributed by atoms with Gasteiger partial charge in [-0.15, -0.1) is 22.7 Å². The van der Waals surface area contributed by atoms with E-state index in [0.717, 1.165) is 70.0 Å². The molecule has 0 spiro atoms. The second kappa shape index (κ2) is 20.8. The summed E-state index contributed by atoms with van der Waals surface area (Å²) >= 11 is 6.67. The Morgan fingerprint density at radius 3 is 1.81 bits per heavy atom. The third-order valence-electron chi connectivity index (χ3n) is 9.18. The summed E-state index contributed by atoms with van der Waals surface area (Å²) in [6.45, 7) is 8.18. The van der Waals surface area contributed by atoms with E-state index in [2.05, 4.69) is 75.9 Å². The van der Waals surface area contributed by atoms with E-state index < -0.39 is 0 Å². The second-order valence-corrected chi connectivity index (χ2v) is 16.2. The first-order valence-electron chi connectivity index (χ1n) is 18.4. The van der Waals surface area contributed by atoms with Gasteiger partial charge in [-0.1, -0.05) is 29.9 Å². The van der Waals surface area contributed by atoms with Gasteiger partial charge in [0.25, 0.3) is 0 Å². The van der Waals surface area contributed by atoms with Crippen molar-refractivity contribution < 1.29 is 19.2 Å². The molecule has 0 saturated carbocycles. The van der Waals surface area contributed by atoms with Gasteiger partial charge in [-0.3, -0.25) is 19.2 Å². The number of halogens is 1. The van der Waals surface area contributed by atoms with Gasteiger partial charge in [0.2, 0.25) is 23.6 Å². The van der Waals surface area contributed by atoms with Gasteiger partial charge in [-0.05, 0) is 58.6 Å². The molecule has 0 unspecified atom stereocenters. The van der Waals surface area contributed by atoms with Crippen LogP contribution in [0.1, 0.15) is 39.5 Å². The van der Waals surface area contributed by atoms with Crippen LogP contribution in [-0.4, -0.2) is 92.6 Å². The SMILES string of the molecule is C=CC(=O)N1CC=C(Cc2nccs2)CC1.O=C1CNCc2cc(/C=C/C(=O)N3CC=C(Cc4nccs4)CC3)cnc2N1.O=C1CNCc2cc(Br)cnc2N1. The van der Waals surface area contributed by atoms with E-state index in [1.165, 1.54) is 17.2 Å². The Morgan fingerprint density at radius 1 is 0.754 bits per heavy atom. The summed E-state index contributed by atoms with van der Waals surface area (Å²) in [4.78, 5) is 67.1. The Morgan fingerprint density at radius 2 is 1.30 bits per heavy atom. The maximum absolute atomic E-state index is 12.5. The summed E-state index contributed by atoms with van der Waals surface area (Å²) < 4.78 is 0.921. The molecule has 17 heteroatoms. The van der Waals surface area contributed by atoms with Crippen LogP contribution in [0.15, 0.2) is 94.2 Å². The zero-order valence-electron chi connectivity index (χ0n) is 31.2. The van der Waals surface area contributed by atoms with E-state index in [0.29, 0.717) is 44.4 Å². The molecule has 0 radical (unpaired) electrons. The van der Waals surface area contributed by atoms with Gasteiger partial charge in [0, 0.05) is 109 Å². The Bertz CT molecular complexity index is 2150. The smallest absolute Gasteiger partial charge is 0.246 e. The molecule has 4 amide bonds. The third kappa shape index (κ3) is 12.6. The lowest BCUT2D eigenvalue weighted by Crippen LogP contribution is -2.33. The number of pyridine rings is 2. The molecule has 4 aromatic heterocycles. The summed E-state index contributed by atoms with van der Waals surface area (Å²) in [5.74, 6) is 1.09. The zero-order chi connectivity index (χ0) is 40.0. The Labute approximate surface area is 347 Å². The van der Waals surface area contributed by atoms with E-state index in [4.69, 9.17) is 0 Å². The van der Waals surface area contributed by atoms with Gasteiger partial charge < -0.3 is 31.1 Å². The van der Waals surface area contributed by atoms with Crippen LogP contribution in [0.4, 0.5) is 11.6 Å². The highest BCUT2D eigenvalue weighted by Crippen LogP contribution is 2.21. The van der Waals surface area contributed by atoms with Gasteiger partial charge in [0.05, 0.1) is 23.1 Å². The van der Waals surface area contributed by atoms with Crippen LogP contribution in [-0.2, 0) is 45.1 Å². The van der Waals surface area contributed by atoms with Gasteiger partial charge in [0.1, 0.15) is 11.6 Å². The van der Waals surface area contributed by atoms with Crippen molar-refractivity contribution in [3.05, 3.63) is 121 Å². The number of aromatic nitrogens is 4. The molecule has 8 heterocycles. The highest BCUT2D eigenvalue weighted by Gasteiger charge is 2.18. The Kier molecular flexibility index (Phi) is 15.1. The standard InChI is InChI=1S/C20H21N5O2S.C12H14N2OS.C8H8BrN3O/c26-17-13-21-12-16-9-15(11-23-20(16)24-17)1-2-19(27)25-6-3-14(4-7-25)10-18-22-5-8-28-18;1-2-12(15)14-6-3-10(4-7-14)9-11-13-5-8-16-11;9-6-1-5-2-10-4-7(13)12-8(5)11-3-6/h1-3,5,8-9,11,21H,4,6-7,10,12-13H2,(H,23,24,26);2-3,5,8H,1,4,6-7,9H2;1,3,10H,2,4H2,(H,11,12,13)/b2-1+;;. The minimum absolute atomic E-state index is 0.00841. The van der Waals surface area contributed by atoms with Gasteiger partial charge in [0.15, 0.2) is 0 Å². The predicted molar refractivity (Wildman–Crippen MR) is 226 cm³/mol.